The number of carbonyl (C=O) groups is 1. The SMILES string of the molecule is CCc1nc(C)c(Oc2ccnc(Nc3cccc(C(C)(C)C(=O)O)c3)c2)cc1Cl. The van der Waals surface area contributed by atoms with Crippen LogP contribution in [0.5, 0.6) is 11.5 Å². The normalized spacial score (nSPS) is 11.2. The summed E-state index contributed by atoms with van der Waals surface area (Å²) in [5, 5.41) is 13.2. The van der Waals surface area contributed by atoms with Crippen molar-refractivity contribution in [2.75, 3.05) is 5.32 Å². The monoisotopic (exact) mass is 425 g/mol. The van der Waals surface area contributed by atoms with E-state index in [1.807, 2.05) is 26.0 Å². The lowest BCUT2D eigenvalue weighted by Crippen LogP contribution is -2.28. The van der Waals surface area contributed by atoms with Gasteiger partial charge in [0.15, 0.2) is 0 Å². The second-order valence-corrected chi connectivity index (χ2v) is 7.88. The van der Waals surface area contributed by atoms with Gasteiger partial charge in [-0.2, -0.15) is 0 Å². The summed E-state index contributed by atoms with van der Waals surface area (Å²) in [5.74, 6) is 0.851. The van der Waals surface area contributed by atoms with Crippen LogP contribution in [0.4, 0.5) is 11.5 Å². The number of ether oxygens (including phenoxy) is 1. The van der Waals surface area contributed by atoms with Gasteiger partial charge in [-0.15, -0.1) is 0 Å². The molecule has 2 N–H and O–H groups in total. The second kappa shape index (κ2) is 8.71. The first-order chi connectivity index (χ1) is 14.2. The fraction of sp³-hybridized carbons (Fsp3) is 0.261. The van der Waals surface area contributed by atoms with Crippen LogP contribution < -0.4 is 10.1 Å². The number of hydrogen-bond donors (Lipinski definition) is 2. The zero-order valence-corrected chi connectivity index (χ0v) is 18.1. The maximum absolute atomic E-state index is 11.5. The minimum Gasteiger partial charge on any atom is -0.481 e. The van der Waals surface area contributed by atoms with Gasteiger partial charge < -0.3 is 15.2 Å². The van der Waals surface area contributed by atoms with Crippen molar-refractivity contribution in [3.8, 4) is 11.5 Å². The second-order valence-electron chi connectivity index (χ2n) is 7.47. The average Bonchev–Trinajstić information content (AvgIpc) is 2.71. The Kier molecular flexibility index (Phi) is 6.27. The van der Waals surface area contributed by atoms with Crippen LogP contribution >= 0.6 is 11.6 Å². The van der Waals surface area contributed by atoms with Gasteiger partial charge in [-0.1, -0.05) is 30.7 Å². The predicted octanol–water partition coefficient (Wildman–Crippen LogP) is 5.90. The van der Waals surface area contributed by atoms with Gasteiger partial charge in [0.1, 0.15) is 17.3 Å². The van der Waals surface area contributed by atoms with Gasteiger partial charge in [0.25, 0.3) is 0 Å². The molecule has 156 valence electrons. The molecule has 0 atom stereocenters. The first-order valence-corrected chi connectivity index (χ1v) is 9.99. The maximum atomic E-state index is 11.5. The van der Waals surface area contributed by atoms with Crippen LogP contribution in [-0.2, 0) is 16.6 Å². The van der Waals surface area contributed by atoms with E-state index in [0.717, 1.165) is 23.5 Å². The topological polar surface area (TPSA) is 84.3 Å². The summed E-state index contributed by atoms with van der Waals surface area (Å²) in [6.07, 6.45) is 2.38. The van der Waals surface area contributed by atoms with Crippen LogP contribution in [0.1, 0.15) is 37.7 Å². The van der Waals surface area contributed by atoms with Gasteiger partial charge in [-0.25, -0.2) is 4.98 Å². The van der Waals surface area contributed by atoms with Crippen molar-refractivity contribution in [3.63, 3.8) is 0 Å². The van der Waals surface area contributed by atoms with E-state index in [4.69, 9.17) is 16.3 Å². The Morgan fingerprint density at radius 1 is 1.23 bits per heavy atom. The molecule has 3 aromatic rings. The van der Waals surface area contributed by atoms with Gasteiger partial charge in [-0.05, 0) is 51.0 Å². The molecule has 3 rings (SSSR count). The predicted molar refractivity (Wildman–Crippen MR) is 118 cm³/mol. The van der Waals surface area contributed by atoms with E-state index in [1.165, 1.54) is 0 Å². The van der Waals surface area contributed by atoms with Gasteiger partial charge in [-0.3, -0.25) is 9.78 Å². The fourth-order valence-electron chi connectivity index (χ4n) is 2.89. The van der Waals surface area contributed by atoms with Crippen molar-refractivity contribution in [1.29, 1.82) is 0 Å². The highest BCUT2D eigenvalue weighted by Crippen LogP contribution is 2.31. The molecule has 6 nitrogen and oxygen atoms in total. The minimum atomic E-state index is -0.996. The van der Waals surface area contributed by atoms with E-state index in [9.17, 15) is 9.90 Å². The van der Waals surface area contributed by atoms with Crippen LogP contribution in [-0.4, -0.2) is 21.0 Å². The number of aromatic nitrogens is 2. The molecule has 0 aliphatic heterocycles. The molecule has 1 aromatic carbocycles. The number of hydrogen-bond acceptors (Lipinski definition) is 5. The summed E-state index contributed by atoms with van der Waals surface area (Å²) in [6.45, 7) is 7.22. The third kappa shape index (κ3) is 4.71. The number of halogens is 1. The van der Waals surface area contributed by atoms with E-state index in [1.54, 1.807) is 50.4 Å². The Balaban J connectivity index is 1.82. The number of anilines is 2. The van der Waals surface area contributed by atoms with Gasteiger partial charge in [0.2, 0.25) is 0 Å². The zero-order valence-electron chi connectivity index (χ0n) is 17.4. The Morgan fingerprint density at radius 3 is 2.70 bits per heavy atom. The van der Waals surface area contributed by atoms with Gasteiger partial charge in [0.05, 0.1) is 21.8 Å². The summed E-state index contributed by atoms with van der Waals surface area (Å²) < 4.78 is 5.97. The zero-order chi connectivity index (χ0) is 21.9. The number of aliphatic carboxylic acids is 1. The Morgan fingerprint density at radius 2 is 2.00 bits per heavy atom. The highest BCUT2D eigenvalue weighted by Gasteiger charge is 2.29. The van der Waals surface area contributed by atoms with Crippen LogP contribution in [0.25, 0.3) is 0 Å². The molecule has 0 radical (unpaired) electrons. The lowest BCUT2D eigenvalue weighted by atomic mass is 9.84. The van der Waals surface area contributed by atoms with Crippen LogP contribution in [0.15, 0.2) is 48.7 Å². The highest BCUT2D eigenvalue weighted by atomic mass is 35.5. The number of nitrogens with zero attached hydrogens (tertiary/aromatic N) is 2. The third-order valence-electron chi connectivity index (χ3n) is 4.88. The average molecular weight is 426 g/mol. The number of rotatable bonds is 7. The van der Waals surface area contributed by atoms with E-state index in [0.29, 0.717) is 27.9 Å². The molecule has 0 aliphatic rings. The van der Waals surface area contributed by atoms with Crippen LogP contribution in [0.2, 0.25) is 5.02 Å². The molecule has 0 amide bonds. The van der Waals surface area contributed by atoms with Crippen molar-refractivity contribution in [2.45, 2.75) is 39.5 Å². The van der Waals surface area contributed by atoms with Gasteiger partial charge >= 0.3 is 5.97 Å². The Labute approximate surface area is 180 Å². The molecule has 2 heterocycles. The number of pyridine rings is 2. The molecule has 7 heteroatoms. The molecular weight excluding hydrogens is 402 g/mol. The van der Waals surface area contributed by atoms with E-state index in [2.05, 4.69) is 15.3 Å². The largest absolute Gasteiger partial charge is 0.481 e. The van der Waals surface area contributed by atoms with Crippen molar-refractivity contribution in [2.24, 2.45) is 0 Å². The highest BCUT2D eigenvalue weighted by molar-refractivity contribution is 6.31. The number of carboxylic acids is 1. The molecule has 0 unspecified atom stereocenters. The van der Waals surface area contributed by atoms with Crippen molar-refractivity contribution in [3.05, 3.63) is 70.6 Å². The summed E-state index contributed by atoms with van der Waals surface area (Å²) in [6, 6.07) is 12.6. The summed E-state index contributed by atoms with van der Waals surface area (Å²) in [5.41, 5.74) is 2.03. The van der Waals surface area contributed by atoms with Crippen LogP contribution in [0.3, 0.4) is 0 Å². The molecule has 0 saturated heterocycles. The number of carboxylic acid groups (broad SMARTS) is 1. The summed E-state index contributed by atoms with van der Waals surface area (Å²) >= 11 is 6.27. The molecular formula is C23H24ClN3O3. The lowest BCUT2D eigenvalue weighted by Gasteiger charge is -2.20. The van der Waals surface area contributed by atoms with Crippen LogP contribution in [0, 0.1) is 6.92 Å². The maximum Gasteiger partial charge on any atom is 0.313 e. The number of nitrogens with one attached hydrogen (secondary N) is 1. The molecule has 0 bridgehead atoms. The Bertz CT molecular complexity index is 1080. The molecule has 0 saturated carbocycles. The minimum absolute atomic E-state index is 0.569. The van der Waals surface area contributed by atoms with Gasteiger partial charge in [0, 0.05) is 24.0 Å². The van der Waals surface area contributed by atoms with Crippen molar-refractivity contribution >= 4 is 29.1 Å². The van der Waals surface area contributed by atoms with E-state index < -0.39 is 11.4 Å². The standard InChI is InChI=1S/C23H24ClN3O3/c1-5-19-18(24)13-20(14(2)26-19)30-17-9-10-25-21(12-17)27-16-8-6-7-15(11-16)23(3,4)22(28)29/h6-13H,5H2,1-4H3,(H,25,27)(H,28,29). The number of benzene rings is 1. The van der Waals surface area contributed by atoms with E-state index in [-0.39, 0.29) is 0 Å². The first kappa shape index (κ1) is 21.6. The third-order valence-corrected chi connectivity index (χ3v) is 5.21. The molecule has 2 aromatic heterocycles. The molecule has 0 fully saturated rings. The fourth-order valence-corrected chi connectivity index (χ4v) is 3.17. The lowest BCUT2D eigenvalue weighted by molar-refractivity contribution is -0.142. The Hall–Kier alpha value is -3.12. The van der Waals surface area contributed by atoms with E-state index >= 15 is 0 Å². The molecule has 30 heavy (non-hydrogen) atoms. The first-order valence-electron chi connectivity index (χ1n) is 9.61. The molecule has 0 spiro atoms. The molecule has 0 aliphatic carbocycles. The van der Waals surface area contributed by atoms with Crippen molar-refractivity contribution < 1.29 is 14.6 Å². The number of aryl methyl sites for hydroxylation is 2. The summed E-state index contributed by atoms with van der Waals surface area (Å²) in [7, 11) is 0. The summed E-state index contributed by atoms with van der Waals surface area (Å²) in [4.78, 5) is 20.3. The quantitative estimate of drug-likeness (QED) is 0.490. The van der Waals surface area contributed by atoms with Crippen molar-refractivity contribution in [1.82, 2.24) is 9.97 Å². The smallest absolute Gasteiger partial charge is 0.313 e.